The molecule has 2 N–H and O–H groups in total. The van der Waals surface area contributed by atoms with Gasteiger partial charge in [0.2, 0.25) is 0 Å². The molecule has 2 aliphatic rings. The van der Waals surface area contributed by atoms with E-state index in [0.717, 1.165) is 18.4 Å². The van der Waals surface area contributed by atoms with Crippen LogP contribution in [0.25, 0.3) is 0 Å². The van der Waals surface area contributed by atoms with E-state index in [1.165, 1.54) is 19.4 Å². The second kappa shape index (κ2) is 10.2. The van der Waals surface area contributed by atoms with Crippen LogP contribution in [0.5, 0.6) is 17.2 Å². The Balaban J connectivity index is 1.34. The summed E-state index contributed by atoms with van der Waals surface area (Å²) >= 11 is 0. The molecular weight excluding hydrogens is 465 g/mol. The molecule has 0 unspecified atom stereocenters. The third-order valence-corrected chi connectivity index (χ3v) is 6.80. The molecule has 4 rings (SSSR count). The number of nitrogen functional groups attached to an aromatic ring is 1. The van der Waals surface area contributed by atoms with Gasteiger partial charge in [-0.2, -0.15) is 13.2 Å². The van der Waals surface area contributed by atoms with Gasteiger partial charge in [-0.05, 0) is 37.5 Å². The number of carbonyl (C=O) groups is 1. The minimum Gasteiger partial charge on any atom is -0.496 e. The summed E-state index contributed by atoms with van der Waals surface area (Å²) in [6.45, 7) is 1.23. The highest BCUT2D eigenvalue weighted by molar-refractivity contribution is 5.93. The van der Waals surface area contributed by atoms with Crippen molar-refractivity contribution < 1.29 is 32.2 Å². The van der Waals surface area contributed by atoms with Crippen molar-refractivity contribution >= 4 is 11.7 Å². The van der Waals surface area contributed by atoms with E-state index in [1.807, 2.05) is 0 Å². The summed E-state index contributed by atoms with van der Waals surface area (Å²) in [5, 5.41) is 0. The molecule has 1 amide bonds. The highest BCUT2D eigenvalue weighted by atomic mass is 19.4. The lowest BCUT2D eigenvalue weighted by molar-refractivity contribution is -0.206. The number of carbonyl (C=O) groups excluding carboxylic acids is 1. The minimum absolute atomic E-state index is 0.0596. The fourth-order valence-corrected chi connectivity index (χ4v) is 4.66. The minimum atomic E-state index is -4.15. The van der Waals surface area contributed by atoms with Crippen LogP contribution in [-0.4, -0.2) is 60.9 Å². The molecule has 1 saturated carbocycles. The normalized spacial score (nSPS) is 20.8. The van der Waals surface area contributed by atoms with E-state index in [4.69, 9.17) is 19.9 Å². The molecule has 2 fully saturated rings. The van der Waals surface area contributed by atoms with Crippen molar-refractivity contribution in [3.63, 3.8) is 0 Å². The molecule has 35 heavy (non-hydrogen) atoms. The van der Waals surface area contributed by atoms with Crippen LogP contribution in [0.3, 0.4) is 0 Å². The SMILES string of the molecule is COc1cc(C(=O)N2CCC(c3cnc(N)cc3OC)CC2)ncc1OC[C@H]1C[C@H](C(F)(F)F)C1. The second-order valence-electron chi connectivity index (χ2n) is 9.02. The number of nitrogens with two attached hydrogens (primary N) is 1. The number of hydrogen-bond donors (Lipinski definition) is 1. The Bertz CT molecular complexity index is 1050. The number of anilines is 1. The third-order valence-electron chi connectivity index (χ3n) is 6.80. The molecule has 0 atom stereocenters. The van der Waals surface area contributed by atoms with E-state index < -0.39 is 12.1 Å². The predicted molar refractivity (Wildman–Crippen MR) is 122 cm³/mol. The predicted octanol–water partition coefficient (Wildman–Crippen LogP) is 4.06. The molecule has 0 radical (unpaired) electrons. The summed E-state index contributed by atoms with van der Waals surface area (Å²) in [7, 11) is 3.04. The number of methoxy groups -OCH3 is 2. The van der Waals surface area contributed by atoms with Crippen LogP contribution < -0.4 is 19.9 Å². The summed E-state index contributed by atoms with van der Waals surface area (Å²) in [5.74, 6) is 0.278. The summed E-state index contributed by atoms with van der Waals surface area (Å²) < 4.78 is 54.4. The number of hydrogen-bond acceptors (Lipinski definition) is 7. The first-order chi connectivity index (χ1) is 16.7. The molecule has 2 aromatic heterocycles. The third kappa shape index (κ3) is 5.54. The zero-order valence-electron chi connectivity index (χ0n) is 19.7. The lowest BCUT2D eigenvalue weighted by Gasteiger charge is -2.36. The van der Waals surface area contributed by atoms with Crippen LogP contribution in [0.4, 0.5) is 19.0 Å². The van der Waals surface area contributed by atoms with E-state index in [0.29, 0.717) is 36.2 Å². The lowest BCUT2D eigenvalue weighted by Crippen LogP contribution is -2.38. The van der Waals surface area contributed by atoms with Gasteiger partial charge in [-0.15, -0.1) is 0 Å². The monoisotopic (exact) mass is 494 g/mol. The van der Waals surface area contributed by atoms with E-state index in [-0.39, 0.29) is 42.9 Å². The zero-order chi connectivity index (χ0) is 25.2. The van der Waals surface area contributed by atoms with E-state index >= 15 is 0 Å². The standard InChI is InChI=1S/C24H29F3N4O4/c1-33-19-10-22(28)30-11-17(19)15-3-5-31(6-4-15)23(32)18-9-20(34-2)21(12-29-18)35-13-14-7-16(8-14)24(25,26)27/h9-12,14-16H,3-8,13H2,1-2H3,(H2,28,30)/t14-,16-. The first-order valence-electron chi connectivity index (χ1n) is 11.5. The maximum Gasteiger partial charge on any atom is 0.391 e. The molecule has 8 nitrogen and oxygen atoms in total. The highest BCUT2D eigenvalue weighted by Gasteiger charge is 2.47. The first kappa shape index (κ1) is 24.9. The van der Waals surface area contributed by atoms with Crippen LogP contribution in [0, 0.1) is 11.8 Å². The number of halogens is 3. The van der Waals surface area contributed by atoms with Crippen molar-refractivity contribution in [2.45, 2.75) is 37.8 Å². The molecule has 11 heteroatoms. The van der Waals surface area contributed by atoms with Gasteiger partial charge in [0, 0.05) is 37.0 Å². The lowest BCUT2D eigenvalue weighted by atomic mass is 9.75. The Labute approximate surface area is 201 Å². The molecule has 0 bridgehead atoms. The average Bonchev–Trinajstić information content (AvgIpc) is 2.81. The molecule has 0 spiro atoms. The van der Waals surface area contributed by atoms with E-state index in [1.54, 1.807) is 24.3 Å². The second-order valence-corrected chi connectivity index (χ2v) is 9.02. The number of aromatic nitrogens is 2. The van der Waals surface area contributed by atoms with Gasteiger partial charge in [0.1, 0.15) is 17.3 Å². The van der Waals surface area contributed by atoms with E-state index in [9.17, 15) is 18.0 Å². The van der Waals surface area contributed by atoms with Crippen LogP contribution >= 0.6 is 0 Å². The number of rotatable bonds is 7. The van der Waals surface area contributed by atoms with Crippen molar-refractivity contribution in [1.82, 2.24) is 14.9 Å². The van der Waals surface area contributed by atoms with Crippen molar-refractivity contribution in [3.8, 4) is 17.2 Å². The quantitative estimate of drug-likeness (QED) is 0.620. The van der Waals surface area contributed by atoms with Crippen molar-refractivity contribution in [2.75, 3.05) is 39.6 Å². The van der Waals surface area contributed by atoms with Gasteiger partial charge in [0.25, 0.3) is 5.91 Å². The number of amides is 1. The maximum absolute atomic E-state index is 13.0. The van der Waals surface area contributed by atoms with Crippen molar-refractivity contribution in [3.05, 3.63) is 35.8 Å². The summed E-state index contributed by atoms with van der Waals surface area (Å²) in [4.78, 5) is 23.2. The van der Waals surface area contributed by atoms with Crippen LogP contribution in [0.1, 0.15) is 47.7 Å². The van der Waals surface area contributed by atoms with Crippen LogP contribution in [0.2, 0.25) is 0 Å². The Kier molecular flexibility index (Phi) is 7.23. The molecule has 1 saturated heterocycles. The smallest absolute Gasteiger partial charge is 0.391 e. The number of piperidine rings is 1. The number of nitrogens with zero attached hydrogens (tertiary/aromatic N) is 3. The Hall–Kier alpha value is -3.24. The highest BCUT2D eigenvalue weighted by Crippen LogP contribution is 2.45. The van der Waals surface area contributed by atoms with Gasteiger partial charge in [-0.25, -0.2) is 9.97 Å². The number of alkyl halides is 3. The van der Waals surface area contributed by atoms with Gasteiger partial charge in [-0.1, -0.05) is 0 Å². The fraction of sp³-hybridized carbons (Fsp3) is 0.542. The van der Waals surface area contributed by atoms with Crippen molar-refractivity contribution in [2.24, 2.45) is 11.8 Å². The van der Waals surface area contributed by atoms with Gasteiger partial charge >= 0.3 is 6.18 Å². The van der Waals surface area contributed by atoms with Crippen LogP contribution in [-0.2, 0) is 0 Å². The summed E-state index contributed by atoms with van der Waals surface area (Å²) in [6.07, 6.45) is 0.578. The van der Waals surface area contributed by atoms with Gasteiger partial charge in [-0.3, -0.25) is 4.79 Å². The molecule has 0 aromatic carbocycles. The van der Waals surface area contributed by atoms with Gasteiger partial charge < -0.3 is 24.8 Å². The van der Waals surface area contributed by atoms with Gasteiger partial charge in [0.05, 0.1) is 32.9 Å². The van der Waals surface area contributed by atoms with E-state index in [2.05, 4.69) is 9.97 Å². The maximum atomic E-state index is 13.0. The average molecular weight is 495 g/mol. The molecule has 3 heterocycles. The number of pyridine rings is 2. The Morgan fingerprint density at radius 2 is 1.74 bits per heavy atom. The number of ether oxygens (including phenoxy) is 3. The molecule has 1 aliphatic carbocycles. The first-order valence-corrected chi connectivity index (χ1v) is 11.5. The molecule has 1 aliphatic heterocycles. The van der Waals surface area contributed by atoms with Crippen LogP contribution in [0.15, 0.2) is 24.5 Å². The zero-order valence-corrected chi connectivity index (χ0v) is 19.7. The Morgan fingerprint density at radius 3 is 2.37 bits per heavy atom. The van der Waals surface area contributed by atoms with Crippen molar-refractivity contribution in [1.29, 1.82) is 0 Å². The molecule has 190 valence electrons. The largest absolute Gasteiger partial charge is 0.496 e. The summed E-state index contributed by atoms with van der Waals surface area (Å²) in [6, 6.07) is 3.21. The topological polar surface area (TPSA) is 99.8 Å². The molecular formula is C24H29F3N4O4. The fourth-order valence-electron chi connectivity index (χ4n) is 4.66. The number of likely N-dealkylation sites (tertiary alicyclic amines) is 1. The van der Waals surface area contributed by atoms with Gasteiger partial charge in [0.15, 0.2) is 11.5 Å². The Morgan fingerprint density at radius 1 is 1.06 bits per heavy atom. The summed E-state index contributed by atoms with van der Waals surface area (Å²) in [5.41, 5.74) is 6.94. The molecule has 2 aromatic rings.